The summed E-state index contributed by atoms with van der Waals surface area (Å²) in [6, 6.07) is 16.9. The second-order valence-electron chi connectivity index (χ2n) is 10.1. The number of benzene rings is 3. The van der Waals surface area contributed by atoms with Crippen LogP contribution in [0.15, 0.2) is 60.7 Å². The predicted molar refractivity (Wildman–Crippen MR) is 145 cm³/mol. The number of carbonyl (C=O) groups excluding carboxylic acids is 2. The van der Waals surface area contributed by atoms with Crippen LogP contribution in [0.25, 0.3) is 0 Å². The molecule has 6 nitrogen and oxygen atoms in total. The van der Waals surface area contributed by atoms with Gasteiger partial charge >= 0.3 is 0 Å². The highest BCUT2D eigenvalue weighted by Crippen LogP contribution is 2.25. The van der Waals surface area contributed by atoms with E-state index in [1.165, 1.54) is 0 Å². The van der Waals surface area contributed by atoms with Crippen molar-refractivity contribution in [2.45, 2.75) is 53.4 Å². The summed E-state index contributed by atoms with van der Waals surface area (Å²) in [7, 11) is 0. The molecule has 0 spiro atoms. The molecule has 0 aliphatic rings. The van der Waals surface area contributed by atoms with Crippen molar-refractivity contribution >= 4 is 23.2 Å². The molecule has 2 amide bonds. The molecule has 4 N–H and O–H groups in total. The second-order valence-corrected chi connectivity index (χ2v) is 10.1. The minimum absolute atomic E-state index is 0.0643. The van der Waals surface area contributed by atoms with Crippen LogP contribution >= 0.6 is 0 Å². The summed E-state index contributed by atoms with van der Waals surface area (Å²) in [6.45, 7) is 8.58. The minimum Gasteiger partial charge on any atom is -0.507 e. The van der Waals surface area contributed by atoms with E-state index in [4.69, 9.17) is 0 Å². The molecule has 0 saturated carbocycles. The summed E-state index contributed by atoms with van der Waals surface area (Å²) < 4.78 is 0. The molecule has 0 unspecified atom stereocenters. The SMILES string of the molecule is CC(C)CCc1ccc(C(=O)Nc2cccc(NC(=O)c3ccc(CCC(C)C)cc3O)c2)c(O)c1. The fraction of sp³-hybridized carbons (Fsp3) is 0.333. The molecule has 3 aromatic rings. The third kappa shape index (κ3) is 7.60. The molecule has 0 atom stereocenters. The Morgan fingerprint density at radius 1 is 0.667 bits per heavy atom. The quantitative estimate of drug-likeness (QED) is 0.253. The van der Waals surface area contributed by atoms with E-state index in [2.05, 4.69) is 38.3 Å². The van der Waals surface area contributed by atoms with Gasteiger partial charge in [0.05, 0.1) is 11.1 Å². The van der Waals surface area contributed by atoms with Gasteiger partial charge < -0.3 is 20.8 Å². The number of nitrogens with one attached hydrogen (secondary N) is 2. The topological polar surface area (TPSA) is 98.7 Å². The summed E-state index contributed by atoms with van der Waals surface area (Å²) >= 11 is 0. The molecular formula is C30H36N2O4. The fourth-order valence-electron chi connectivity index (χ4n) is 3.83. The van der Waals surface area contributed by atoms with Crippen LogP contribution < -0.4 is 10.6 Å². The summed E-state index contributed by atoms with van der Waals surface area (Å²) in [5.41, 5.74) is 3.27. The molecule has 6 heteroatoms. The van der Waals surface area contributed by atoms with E-state index in [0.29, 0.717) is 23.2 Å². The molecule has 36 heavy (non-hydrogen) atoms. The number of aromatic hydroxyl groups is 2. The molecule has 0 aromatic heterocycles. The average molecular weight is 489 g/mol. The largest absolute Gasteiger partial charge is 0.507 e. The predicted octanol–water partition coefficient (Wildman–Crippen LogP) is 6.78. The first-order valence-electron chi connectivity index (χ1n) is 12.5. The Kier molecular flexibility index (Phi) is 9.12. The Hall–Kier alpha value is -3.80. The van der Waals surface area contributed by atoms with Crippen molar-refractivity contribution < 1.29 is 19.8 Å². The first kappa shape index (κ1) is 26.8. The van der Waals surface area contributed by atoms with Crippen molar-refractivity contribution in [3.63, 3.8) is 0 Å². The molecule has 0 aliphatic carbocycles. The first-order chi connectivity index (χ1) is 17.1. The number of hydrogen-bond acceptors (Lipinski definition) is 4. The van der Waals surface area contributed by atoms with E-state index in [0.717, 1.165) is 36.8 Å². The standard InChI is InChI=1S/C30H36N2O4/c1-19(2)8-10-21-12-14-25(27(33)16-21)29(35)31-23-6-5-7-24(18-23)32-30(36)26-15-13-22(17-28(26)34)11-9-20(3)4/h5-7,12-20,33-34H,8-11H2,1-4H3,(H,31,35)(H,32,36). The van der Waals surface area contributed by atoms with Gasteiger partial charge in [-0.2, -0.15) is 0 Å². The third-order valence-electron chi connectivity index (χ3n) is 6.01. The van der Waals surface area contributed by atoms with Gasteiger partial charge in [0.2, 0.25) is 0 Å². The molecule has 0 saturated heterocycles. The Bertz CT molecular complexity index is 1130. The molecule has 3 rings (SSSR count). The number of phenolic OH excluding ortho intramolecular Hbond substituents is 2. The van der Waals surface area contributed by atoms with Gasteiger partial charge in [-0.15, -0.1) is 0 Å². The van der Waals surface area contributed by atoms with Crippen LogP contribution in [0.4, 0.5) is 11.4 Å². The zero-order chi connectivity index (χ0) is 26.2. The Morgan fingerprint density at radius 3 is 1.44 bits per heavy atom. The highest BCUT2D eigenvalue weighted by Gasteiger charge is 2.15. The van der Waals surface area contributed by atoms with E-state index in [-0.39, 0.29) is 22.6 Å². The van der Waals surface area contributed by atoms with Crippen LogP contribution in [-0.4, -0.2) is 22.0 Å². The van der Waals surface area contributed by atoms with Crippen LogP contribution in [-0.2, 0) is 12.8 Å². The van der Waals surface area contributed by atoms with Crippen molar-refractivity contribution in [2.75, 3.05) is 10.6 Å². The molecule has 0 heterocycles. The highest BCUT2D eigenvalue weighted by atomic mass is 16.3. The molecule has 3 aromatic carbocycles. The van der Waals surface area contributed by atoms with Crippen molar-refractivity contribution in [3.05, 3.63) is 82.9 Å². The maximum Gasteiger partial charge on any atom is 0.259 e. The number of rotatable bonds is 10. The molecule has 0 fully saturated rings. The lowest BCUT2D eigenvalue weighted by molar-refractivity contribution is 0.101. The van der Waals surface area contributed by atoms with E-state index in [1.54, 1.807) is 48.5 Å². The highest BCUT2D eigenvalue weighted by molar-refractivity contribution is 6.08. The van der Waals surface area contributed by atoms with Gasteiger partial charge in [0.25, 0.3) is 11.8 Å². The van der Waals surface area contributed by atoms with E-state index < -0.39 is 11.8 Å². The van der Waals surface area contributed by atoms with E-state index in [1.807, 2.05) is 12.1 Å². The molecule has 0 bridgehead atoms. The van der Waals surface area contributed by atoms with Gasteiger partial charge in [-0.3, -0.25) is 9.59 Å². The molecule has 0 aliphatic heterocycles. The van der Waals surface area contributed by atoms with Crippen molar-refractivity contribution in [1.29, 1.82) is 0 Å². The number of carbonyl (C=O) groups is 2. The summed E-state index contributed by atoms with van der Waals surface area (Å²) in [5.74, 6) is 0.0972. The minimum atomic E-state index is -0.444. The van der Waals surface area contributed by atoms with Crippen molar-refractivity contribution in [1.82, 2.24) is 0 Å². The normalized spacial score (nSPS) is 11.1. The van der Waals surface area contributed by atoms with Crippen LogP contribution in [0, 0.1) is 11.8 Å². The van der Waals surface area contributed by atoms with E-state index >= 15 is 0 Å². The fourth-order valence-corrected chi connectivity index (χ4v) is 3.83. The zero-order valence-corrected chi connectivity index (χ0v) is 21.5. The molecular weight excluding hydrogens is 452 g/mol. The number of aryl methyl sites for hydroxylation is 2. The third-order valence-corrected chi connectivity index (χ3v) is 6.01. The van der Waals surface area contributed by atoms with Crippen molar-refractivity contribution in [3.8, 4) is 11.5 Å². The lowest BCUT2D eigenvalue weighted by Gasteiger charge is -2.12. The lowest BCUT2D eigenvalue weighted by Crippen LogP contribution is -2.14. The second kappa shape index (κ2) is 12.2. The van der Waals surface area contributed by atoms with Gasteiger partial charge in [0.15, 0.2) is 0 Å². The molecule has 0 radical (unpaired) electrons. The van der Waals surface area contributed by atoms with Crippen LogP contribution in [0.2, 0.25) is 0 Å². The zero-order valence-electron chi connectivity index (χ0n) is 21.5. The average Bonchev–Trinajstić information content (AvgIpc) is 2.81. The Labute approximate surface area is 213 Å². The van der Waals surface area contributed by atoms with Gasteiger partial charge in [-0.05, 0) is 91.1 Å². The van der Waals surface area contributed by atoms with Gasteiger partial charge in [0, 0.05) is 11.4 Å². The lowest BCUT2D eigenvalue weighted by atomic mass is 10.0. The first-order valence-corrected chi connectivity index (χ1v) is 12.5. The number of anilines is 2. The summed E-state index contributed by atoms with van der Waals surface area (Å²) in [5, 5.41) is 26.3. The van der Waals surface area contributed by atoms with Crippen LogP contribution in [0.5, 0.6) is 11.5 Å². The maximum absolute atomic E-state index is 12.7. The van der Waals surface area contributed by atoms with Crippen molar-refractivity contribution in [2.24, 2.45) is 11.8 Å². The van der Waals surface area contributed by atoms with Gasteiger partial charge in [0.1, 0.15) is 11.5 Å². The number of phenols is 2. The number of hydrogen-bond donors (Lipinski definition) is 4. The maximum atomic E-state index is 12.7. The summed E-state index contributed by atoms with van der Waals surface area (Å²) in [6.07, 6.45) is 3.68. The number of amides is 2. The summed E-state index contributed by atoms with van der Waals surface area (Å²) in [4.78, 5) is 25.5. The Balaban J connectivity index is 1.65. The monoisotopic (exact) mass is 488 g/mol. The smallest absolute Gasteiger partial charge is 0.259 e. The van der Waals surface area contributed by atoms with Gasteiger partial charge in [-0.1, -0.05) is 45.9 Å². The van der Waals surface area contributed by atoms with Crippen LogP contribution in [0.1, 0.15) is 72.4 Å². The molecule has 190 valence electrons. The van der Waals surface area contributed by atoms with E-state index in [9.17, 15) is 19.8 Å². The Morgan fingerprint density at radius 2 is 1.08 bits per heavy atom. The van der Waals surface area contributed by atoms with Gasteiger partial charge in [-0.25, -0.2) is 0 Å². The van der Waals surface area contributed by atoms with Crippen LogP contribution in [0.3, 0.4) is 0 Å².